The highest BCUT2D eigenvalue weighted by atomic mass is 32.2. The Labute approximate surface area is 158 Å². The molecular weight excluding hydrogens is 350 g/mol. The lowest BCUT2D eigenvalue weighted by atomic mass is 10.0. The Morgan fingerprint density at radius 2 is 2.12 bits per heavy atom. The van der Waals surface area contributed by atoms with Crippen LogP contribution < -0.4 is 4.74 Å². The van der Waals surface area contributed by atoms with E-state index >= 15 is 0 Å². The second-order valence-corrected chi connectivity index (χ2v) is 7.06. The van der Waals surface area contributed by atoms with Crippen molar-refractivity contribution in [3.05, 3.63) is 41.8 Å². The van der Waals surface area contributed by atoms with E-state index in [-0.39, 0.29) is 6.61 Å². The molecular formula is C20H25NO4S. The van der Waals surface area contributed by atoms with E-state index in [2.05, 4.69) is 11.8 Å². The number of carbonyl (C=O) groups excluding carboxylic acids is 1. The number of amides is 1. The van der Waals surface area contributed by atoms with Gasteiger partial charge in [-0.05, 0) is 38.1 Å². The summed E-state index contributed by atoms with van der Waals surface area (Å²) in [4.78, 5) is 13.2. The number of benzene rings is 1. The summed E-state index contributed by atoms with van der Waals surface area (Å²) in [6.07, 6.45) is 4.17. The van der Waals surface area contributed by atoms with Gasteiger partial charge >= 0.3 is 0 Å². The molecule has 0 aromatic heterocycles. The van der Waals surface area contributed by atoms with Crippen molar-refractivity contribution in [3.63, 3.8) is 0 Å². The normalized spacial score (nSPS) is 12.7. The minimum atomic E-state index is -1.11. The van der Waals surface area contributed by atoms with Crippen molar-refractivity contribution in [2.24, 2.45) is 0 Å². The molecule has 0 N–H and O–H groups in total. The number of allylic oxidation sites excluding steroid dienone is 3. The maximum absolute atomic E-state index is 12.2. The van der Waals surface area contributed by atoms with Gasteiger partial charge in [-0.25, -0.2) is 0 Å². The van der Waals surface area contributed by atoms with Gasteiger partial charge in [-0.2, -0.15) is 0 Å². The third kappa shape index (κ3) is 6.41. The van der Waals surface area contributed by atoms with Gasteiger partial charge in [-0.15, -0.1) is 5.92 Å². The number of hydrogen-bond donors (Lipinski definition) is 0. The van der Waals surface area contributed by atoms with Gasteiger partial charge in [0, 0.05) is 35.0 Å². The van der Waals surface area contributed by atoms with Gasteiger partial charge in [0.2, 0.25) is 6.41 Å². The van der Waals surface area contributed by atoms with Crippen LogP contribution in [-0.4, -0.2) is 42.0 Å². The van der Waals surface area contributed by atoms with E-state index in [0.717, 1.165) is 0 Å². The summed E-state index contributed by atoms with van der Waals surface area (Å²) < 4.78 is 23.3. The first-order valence-corrected chi connectivity index (χ1v) is 9.45. The molecule has 1 aromatic carbocycles. The van der Waals surface area contributed by atoms with Crippen LogP contribution in [0.4, 0.5) is 0 Å². The average molecular weight is 375 g/mol. The number of hydrogen-bond acceptors (Lipinski definition) is 4. The molecule has 0 saturated carbocycles. The molecule has 140 valence electrons. The van der Waals surface area contributed by atoms with Crippen molar-refractivity contribution in [2.45, 2.75) is 25.7 Å². The second kappa shape index (κ2) is 11.2. The summed E-state index contributed by atoms with van der Waals surface area (Å²) in [6, 6.07) is 5.38. The summed E-state index contributed by atoms with van der Waals surface area (Å²) in [7, 11) is 2.10. The van der Waals surface area contributed by atoms with Gasteiger partial charge in [0.15, 0.2) is 0 Å². The largest absolute Gasteiger partial charge is 0.501 e. The molecule has 1 unspecified atom stereocenters. The highest BCUT2D eigenvalue weighted by Gasteiger charge is 2.13. The molecule has 0 aliphatic carbocycles. The van der Waals surface area contributed by atoms with Crippen molar-refractivity contribution in [1.82, 2.24) is 4.90 Å². The number of methoxy groups -OCH3 is 1. The Morgan fingerprint density at radius 3 is 2.69 bits per heavy atom. The van der Waals surface area contributed by atoms with Crippen molar-refractivity contribution in [2.75, 3.05) is 26.5 Å². The zero-order valence-corrected chi connectivity index (χ0v) is 16.7. The maximum atomic E-state index is 12.2. The van der Waals surface area contributed by atoms with Crippen molar-refractivity contribution in [3.8, 4) is 17.6 Å². The standard InChI is InChI=1S/C20H25NO4S/c1-6-8-11-25-20-10-9-18(26(23)7-2)13-19(20)17(12-16(3)24-5)14-21(4)15-22/h9-10,12-15H,7,11H2,1-5H3/b16-12+,17-14+. The highest BCUT2D eigenvalue weighted by Crippen LogP contribution is 2.30. The molecule has 1 amide bonds. The fraction of sp³-hybridized carbons (Fsp3) is 0.350. The second-order valence-electron chi connectivity index (χ2n) is 5.32. The van der Waals surface area contributed by atoms with Crippen LogP contribution in [0.1, 0.15) is 26.3 Å². The molecule has 0 heterocycles. The van der Waals surface area contributed by atoms with Crippen LogP contribution in [0.5, 0.6) is 5.75 Å². The molecule has 1 atom stereocenters. The zero-order chi connectivity index (χ0) is 19.5. The first-order valence-electron chi connectivity index (χ1n) is 8.13. The third-order valence-corrected chi connectivity index (χ3v) is 4.76. The van der Waals surface area contributed by atoms with Gasteiger partial charge in [0.1, 0.15) is 12.4 Å². The smallest absolute Gasteiger partial charge is 0.213 e. The molecule has 0 radical (unpaired) electrons. The molecule has 0 aliphatic heterocycles. The van der Waals surface area contributed by atoms with Gasteiger partial charge in [0.25, 0.3) is 0 Å². The average Bonchev–Trinajstić information content (AvgIpc) is 2.66. The van der Waals surface area contributed by atoms with Crippen molar-refractivity contribution >= 4 is 22.8 Å². The summed E-state index contributed by atoms with van der Waals surface area (Å²) in [5.41, 5.74) is 1.42. The monoisotopic (exact) mass is 375 g/mol. The lowest BCUT2D eigenvalue weighted by molar-refractivity contribution is -0.114. The fourth-order valence-electron chi connectivity index (χ4n) is 2.07. The lowest BCUT2D eigenvalue weighted by Crippen LogP contribution is -2.08. The van der Waals surface area contributed by atoms with Crippen LogP contribution >= 0.6 is 0 Å². The Hall–Kier alpha value is -2.52. The van der Waals surface area contributed by atoms with Gasteiger partial charge in [-0.1, -0.05) is 12.8 Å². The van der Waals surface area contributed by atoms with Gasteiger partial charge < -0.3 is 14.4 Å². The topological polar surface area (TPSA) is 55.8 Å². The molecule has 1 rings (SSSR count). The molecule has 5 nitrogen and oxygen atoms in total. The van der Waals surface area contributed by atoms with Crippen LogP contribution in [0.15, 0.2) is 41.1 Å². The van der Waals surface area contributed by atoms with Crippen molar-refractivity contribution in [1.29, 1.82) is 0 Å². The van der Waals surface area contributed by atoms with Crippen molar-refractivity contribution < 1.29 is 18.5 Å². The number of carbonyl (C=O) groups is 1. The maximum Gasteiger partial charge on any atom is 0.213 e. The van der Waals surface area contributed by atoms with Crippen LogP contribution in [0.25, 0.3) is 5.57 Å². The summed E-state index contributed by atoms with van der Waals surface area (Å²) in [5, 5.41) is 0. The Bertz CT molecular complexity index is 772. The van der Waals surface area contributed by atoms with Crippen LogP contribution in [0.3, 0.4) is 0 Å². The first-order chi connectivity index (χ1) is 12.5. The number of rotatable bonds is 9. The van der Waals surface area contributed by atoms with Crippen LogP contribution in [0.2, 0.25) is 0 Å². The molecule has 1 aromatic rings. The Balaban J connectivity index is 3.55. The summed E-state index contributed by atoms with van der Waals surface area (Å²) in [6.45, 7) is 5.66. The molecule has 0 fully saturated rings. The van der Waals surface area contributed by atoms with E-state index in [1.807, 2.05) is 19.9 Å². The number of nitrogens with zero attached hydrogens (tertiary/aromatic N) is 1. The lowest BCUT2D eigenvalue weighted by Gasteiger charge is -2.15. The minimum absolute atomic E-state index is 0.240. The molecule has 0 bridgehead atoms. The van der Waals surface area contributed by atoms with E-state index in [1.165, 1.54) is 4.90 Å². The first kappa shape index (κ1) is 21.5. The van der Waals surface area contributed by atoms with E-state index in [0.29, 0.717) is 39.7 Å². The predicted octanol–water partition coefficient (Wildman–Crippen LogP) is 3.20. The van der Waals surface area contributed by atoms with Gasteiger partial charge in [-0.3, -0.25) is 9.00 Å². The Morgan fingerprint density at radius 1 is 1.38 bits per heavy atom. The number of ether oxygens (including phenoxy) is 2. The van der Waals surface area contributed by atoms with E-state index in [1.54, 1.807) is 45.5 Å². The van der Waals surface area contributed by atoms with E-state index < -0.39 is 10.8 Å². The third-order valence-electron chi connectivity index (χ3n) is 3.45. The SMILES string of the molecule is CC#CCOc1ccc(S(=O)CC)cc1C(/C=C(\C)OC)=C/N(C)C=O. The summed E-state index contributed by atoms with van der Waals surface area (Å²) >= 11 is 0. The van der Waals surface area contributed by atoms with Crippen LogP contribution in [-0.2, 0) is 20.3 Å². The quantitative estimate of drug-likeness (QED) is 0.288. The van der Waals surface area contributed by atoms with E-state index in [4.69, 9.17) is 9.47 Å². The zero-order valence-electron chi connectivity index (χ0n) is 15.9. The fourth-order valence-corrected chi connectivity index (χ4v) is 2.87. The van der Waals surface area contributed by atoms with E-state index in [9.17, 15) is 9.00 Å². The molecule has 0 spiro atoms. The van der Waals surface area contributed by atoms with Gasteiger partial charge in [0.05, 0.1) is 23.7 Å². The molecule has 6 heteroatoms. The molecule has 0 aliphatic rings. The highest BCUT2D eigenvalue weighted by molar-refractivity contribution is 7.85. The van der Waals surface area contributed by atoms with Crippen LogP contribution in [0, 0.1) is 11.8 Å². The Kier molecular flexibility index (Phi) is 9.24. The summed E-state index contributed by atoms with van der Waals surface area (Å²) in [5.74, 6) is 7.41. The minimum Gasteiger partial charge on any atom is -0.501 e. The predicted molar refractivity (Wildman–Crippen MR) is 105 cm³/mol. The molecule has 26 heavy (non-hydrogen) atoms. The molecule has 0 saturated heterocycles.